The largest absolute Gasteiger partial charge is 0.311 e. The van der Waals surface area contributed by atoms with Crippen LogP contribution in [0.25, 0.3) is 22.4 Å². The number of nitrogens with zero attached hydrogens (tertiary/aromatic N) is 3. The number of pyridine rings is 1. The van der Waals surface area contributed by atoms with E-state index in [4.69, 9.17) is 4.98 Å². The number of hydrogen-bond acceptors (Lipinski definition) is 3. The van der Waals surface area contributed by atoms with Crippen molar-refractivity contribution in [2.24, 2.45) is 0 Å². The predicted octanol–water partition coefficient (Wildman–Crippen LogP) is 11.4. The summed E-state index contributed by atoms with van der Waals surface area (Å²) in [5.74, 6) is 0. The Morgan fingerprint density at radius 3 is 0.932 bits per heavy atom. The van der Waals surface area contributed by atoms with Gasteiger partial charge in [0.1, 0.15) is 0 Å². The molecule has 7 rings (SSSR count). The molecule has 3 heteroatoms. The van der Waals surface area contributed by atoms with Crippen LogP contribution in [-0.2, 0) is 0 Å². The molecule has 7 aromatic rings. The van der Waals surface area contributed by atoms with Crippen LogP contribution in [-0.4, -0.2) is 4.98 Å². The number of aromatic nitrogens is 1. The van der Waals surface area contributed by atoms with E-state index in [1.165, 1.54) is 0 Å². The van der Waals surface area contributed by atoms with E-state index in [1.54, 1.807) is 0 Å². The number of hydrogen-bond donors (Lipinski definition) is 0. The van der Waals surface area contributed by atoms with Crippen LogP contribution in [0, 0.1) is 0 Å². The number of benzene rings is 6. The second-order valence-electron chi connectivity index (χ2n) is 10.5. The third-order valence-corrected chi connectivity index (χ3v) is 7.70. The summed E-state index contributed by atoms with van der Waals surface area (Å²) in [6.45, 7) is 0. The molecule has 0 saturated heterocycles. The molecule has 0 radical (unpaired) electrons. The van der Waals surface area contributed by atoms with E-state index in [-0.39, 0.29) is 0 Å². The Bertz CT molecular complexity index is 1680. The van der Waals surface area contributed by atoms with Gasteiger partial charge < -0.3 is 9.80 Å². The highest BCUT2D eigenvalue weighted by atomic mass is 15.1. The van der Waals surface area contributed by atoms with Crippen molar-refractivity contribution in [2.75, 3.05) is 9.80 Å². The zero-order valence-electron chi connectivity index (χ0n) is 24.2. The lowest BCUT2D eigenvalue weighted by molar-refractivity contribution is 1.27. The Balaban J connectivity index is 1.12. The molecule has 0 N–H and O–H groups in total. The summed E-state index contributed by atoms with van der Waals surface area (Å²) in [5.41, 5.74) is 10.9. The van der Waals surface area contributed by atoms with Gasteiger partial charge in [0.25, 0.3) is 0 Å². The molecule has 1 aromatic heterocycles. The van der Waals surface area contributed by atoms with Crippen molar-refractivity contribution in [3.8, 4) is 22.4 Å². The van der Waals surface area contributed by atoms with Gasteiger partial charge in [0.2, 0.25) is 0 Å². The van der Waals surface area contributed by atoms with E-state index >= 15 is 0 Å². The zero-order valence-corrected chi connectivity index (χ0v) is 24.2. The van der Waals surface area contributed by atoms with Crippen LogP contribution in [0.2, 0.25) is 0 Å². The molecule has 0 spiro atoms. The van der Waals surface area contributed by atoms with Gasteiger partial charge in [0.15, 0.2) is 0 Å². The first-order chi connectivity index (χ1) is 21.8. The van der Waals surface area contributed by atoms with Gasteiger partial charge in [-0.3, -0.25) is 4.98 Å². The fraction of sp³-hybridized carbons (Fsp3) is 0. The molecular weight excluding hydrogens is 534 g/mol. The lowest BCUT2D eigenvalue weighted by Gasteiger charge is -2.25. The van der Waals surface area contributed by atoms with Crippen molar-refractivity contribution in [1.82, 2.24) is 4.98 Å². The topological polar surface area (TPSA) is 19.4 Å². The van der Waals surface area contributed by atoms with Crippen molar-refractivity contribution in [1.29, 1.82) is 0 Å². The third-order valence-electron chi connectivity index (χ3n) is 7.70. The van der Waals surface area contributed by atoms with Crippen LogP contribution in [0.3, 0.4) is 0 Å². The van der Waals surface area contributed by atoms with Gasteiger partial charge in [-0.15, -0.1) is 0 Å². The first kappa shape index (κ1) is 26.9. The Labute approximate surface area is 259 Å². The standard InChI is InChI=1S/C41H31N3/c1-5-13-35(14-6-1)43(36-15-7-2-8-16-36)39-26-21-32(22-27-39)34-25-30-41(42-31-34)33-23-28-40(29-24-33)44(37-17-9-3-10-18-37)38-19-11-4-12-20-38/h1-31H. The Hall–Kier alpha value is -5.93. The first-order valence-electron chi connectivity index (χ1n) is 14.8. The van der Waals surface area contributed by atoms with Crippen molar-refractivity contribution >= 4 is 34.1 Å². The fourth-order valence-corrected chi connectivity index (χ4v) is 5.52. The average Bonchev–Trinajstić information content (AvgIpc) is 3.11. The average molecular weight is 566 g/mol. The SMILES string of the molecule is c1ccc(N(c2ccccc2)c2ccc(-c3ccc(-c4ccc(N(c5ccccc5)c5ccccc5)cc4)nc3)cc2)cc1. The van der Waals surface area contributed by atoms with E-state index in [2.05, 4.69) is 168 Å². The molecule has 6 aromatic carbocycles. The molecule has 0 aliphatic rings. The molecule has 0 atom stereocenters. The molecule has 44 heavy (non-hydrogen) atoms. The normalized spacial score (nSPS) is 10.7. The minimum atomic E-state index is 0.947. The fourth-order valence-electron chi connectivity index (χ4n) is 5.52. The number of anilines is 6. The highest BCUT2D eigenvalue weighted by Crippen LogP contribution is 2.37. The summed E-state index contributed by atoms with van der Waals surface area (Å²) in [5, 5.41) is 0. The van der Waals surface area contributed by atoms with Crippen LogP contribution >= 0.6 is 0 Å². The summed E-state index contributed by atoms with van der Waals surface area (Å²) < 4.78 is 0. The molecule has 0 aliphatic heterocycles. The lowest BCUT2D eigenvalue weighted by atomic mass is 10.0. The highest BCUT2D eigenvalue weighted by Gasteiger charge is 2.14. The second-order valence-corrected chi connectivity index (χ2v) is 10.5. The van der Waals surface area contributed by atoms with Gasteiger partial charge in [-0.2, -0.15) is 0 Å². The lowest BCUT2D eigenvalue weighted by Crippen LogP contribution is -2.09. The molecule has 0 amide bonds. The summed E-state index contributed by atoms with van der Waals surface area (Å²) in [6.07, 6.45) is 1.96. The molecule has 0 aliphatic carbocycles. The quantitative estimate of drug-likeness (QED) is 0.183. The van der Waals surface area contributed by atoms with Crippen LogP contribution in [0.4, 0.5) is 34.1 Å². The molecule has 0 saturated carbocycles. The molecule has 0 bridgehead atoms. The Morgan fingerprint density at radius 1 is 0.273 bits per heavy atom. The predicted molar refractivity (Wildman–Crippen MR) is 184 cm³/mol. The van der Waals surface area contributed by atoms with E-state index in [1.807, 2.05) is 30.5 Å². The van der Waals surface area contributed by atoms with Crippen molar-refractivity contribution in [2.45, 2.75) is 0 Å². The summed E-state index contributed by atoms with van der Waals surface area (Å²) >= 11 is 0. The molecule has 0 unspecified atom stereocenters. The van der Waals surface area contributed by atoms with Crippen molar-refractivity contribution in [3.05, 3.63) is 188 Å². The van der Waals surface area contributed by atoms with E-state index in [0.717, 1.165) is 56.5 Å². The van der Waals surface area contributed by atoms with Gasteiger partial charge in [0.05, 0.1) is 5.69 Å². The molecular formula is C41H31N3. The Morgan fingerprint density at radius 2 is 0.591 bits per heavy atom. The van der Waals surface area contributed by atoms with Crippen LogP contribution in [0.15, 0.2) is 188 Å². The third kappa shape index (κ3) is 5.72. The van der Waals surface area contributed by atoms with E-state index in [9.17, 15) is 0 Å². The zero-order chi connectivity index (χ0) is 29.6. The maximum Gasteiger partial charge on any atom is 0.0702 e. The van der Waals surface area contributed by atoms with Crippen LogP contribution in [0.5, 0.6) is 0 Å². The smallest absolute Gasteiger partial charge is 0.0702 e. The Kier molecular flexibility index (Phi) is 7.66. The maximum absolute atomic E-state index is 4.84. The summed E-state index contributed by atoms with van der Waals surface area (Å²) in [4.78, 5) is 9.38. The van der Waals surface area contributed by atoms with Crippen molar-refractivity contribution < 1.29 is 0 Å². The molecule has 210 valence electrons. The monoisotopic (exact) mass is 565 g/mol. The number of para-hydroxylation sites is 4. The van der Waals surface area contributed by atoms with Gasteiger partial charge in [-0.25, -0.2) is 0 Å². The minimum absolute atomic E-state index is 0.947. The molecule has 1 heterocycles. The number of rotatable bonds is 8. The van der Waals surface area contributed by atoms with Gasteiger partial charge >= 0.3 is 0 Å². The second kappa shape index (κ2) is 12.5. The van der Waals surface area contributed by atoms with E-state index in [0.29, 0.717) is 0 Å². The molecule has 3 nitrogen and oxygen atoms in total. The summed E-state index contributed by atoms with van der Waals surface area (Å²) in [7, 11) is 0. The minimum Gasteiger partial charge on any atom is -0.311 e. The van der Waals surface area contributed by atoms with Crippen LogP contribution in [0.1, 0.15) is 0 Å². The van der Waals surface area contributed by atoms with Gasteiger partial charge in [0, 0.05) is 51.4 Å². The van der Waals surface area contributed by atoms with Crippen molar-refractivity contribution in [3.63, 3.8) is 0 Å². The maximum atomic E-state index is 4.84. The van der Waals surface area contributed by atoms with E-state index < -0.39 is 0 Å². The summed E-state index contributed by atoms with van der Waals surface area (Å²) in [6, 6.07) is 63.4. The van der Waals surface area contributed by atoms with Gasteiger partial charge in [-0.05, 0) is 84.4 Å². The van der Waals surface area contributed by atoms with Gasteiger partial charge in [-0.1, -0.05) is 103 Å². The molecule has 0 fully saturated rings. The highest BCUT2D eigenvalue weighted by molar-refractivity contribution is 5.80. The first-order valence-corrected chi connectivity index (χ1v) is 14.8. The van der Waals surface area contributed by atoms with Crippen LogP contribution < -0.4 is 9.80 Å².